The summed E-state index contributed by atoms with van der Waals surface area (Å²) in [7, 11) is 1.82. The number of nitrogens with zero attached hydrogens (tertiary/aromatic N) is 2. The fraction of sp³-hybridized carbons (Fsp3) is 0.538. The second kappa shape index (κ2) is 4.24. The van der Waals surface area contributed by atoms with Gasteiger partial charge in [-0.1, -0.05) is 6.07 Å². The van der Waals surface area contributed by atoms with Gasteiger partial charge in [0.15, 0.2) is 0 Å². The van der Waals surface area contributed by atoms with Gasteiger partial charge in [0.1, 0.15) is 11.6 Å². The van der Waals surface area contributed by atoms with Crippen molar-refractivity contribution in [2.75, 3.05) is 20.1 Å². The van der Waals surface area contributed by atoms with Crippen LogP contribution in [0.25, 0.3) is 0 Å². The molecule has 2 atom stereocenters. The van der Waals surface area contributed by atoms with Crippen molar-refractivity contribution >= 4 is 6.09 Å². The Bertz CT molecular complexity index is 451. The Morgan fingerprint density at radius 2 is 2.50 bits per heavy atom. The van der Waals surface area contributed by atoms with Crippen LogP contribution < -0.4 is 5.32 Å². The van der Waals surface area contributed by atoms with E-state index in [1.54, 1.807) is 11.1 Å². The standard InChI is InChI=1S/C13H17N3O2/c1-16-12(17)18-11-5-7-14-9-13(11,16)8-10-4-2-3-6-15-10/h2-4,6,11,14H,5,7-9H2,1H3. The highest BCUT2D eigenvalue weighted by molar-refractivity contribution is 5.71. The summed E-state index contributed by atoms with van der Waals surface area (Å²) in [4.78, 5) is 17.9. The predicted octanol–water partition coefficient (Wildman–Crippen LogP) is 0.807. The number of piperidine rings is 1. The molecule has 1 amide bonds. The van der Waals surface area contributed by atoms with Gasteiger partial charge in [0.05, 0.1) is 0 Å². The molecule has 0 radical (unpaired) electrons. The molecule has 0 bridgehead atoms. The molecule has 0 aliphatic carbocycles. The monoisotopic (exact) mass is 247 g/mol. The van der Waals surface area contributed by atoms with Crippen LogP contribution in [-0.4, -0.2) is 47.8 Å². The number of nitrogens with one attached hydrogen (secondary N) is 1. The Kier molecular flexibility index (Phi) is 2.70. The maximum Gasteiger partial charge on any atom is 0.410 e. The lowest BCUT2D eigenvalue weighted by Crippen LogP contribution is -2.61. The highest BCUT2D eigenvalue weighted by Gasteiger charge is 2.54. The first-order valence-corrected chi connectivity index (χ1v) is 6.27. The van der Waals surface area contributed by atoms with Crippen LogP contribution in [-0.2, 0) is 11.2 Å². The molecular formula is C13H17N3O2. The first-order chi connectivity index (χ1) is 8.72. The van der Waals surface area contributed by atoms with Crippen molar-refractivity contribution in [3.63, 3.8) is 0 Å². The van der Waals surface area contributed by atoms with Crippen molar-refractivity contribution in [3.8, 4) is 0 Å². The van der Waals surface area contributed by atoms with Gasteiger partial charge in [-0.25, -0.2) is 4.79 Å². The van der Waals surface area contributed by atoms with E-state index in [0.717, 1.165) is 31.6 Å². The topological polar surface area (TPSA) is 54.5 Å². The molecule has 0 saturated carbocycles. The maximum absolute atomic E-state index is 11.8. The van der Waals surface area contributed by atoms with Crippen LogP contribution in [0, 0.1) is 0 Å². The molecule has 0 aromatic carbocycles. The number of aromatic nitrogens is 1. The van der Waals surface area contributed by atoms with Gasteiger partial charge < -0.3 is 15.0 Å². The van der Waals surface area contributed by atoms with E-state index in [2.05, 4.69) is 10.3 Å². The lowest BCUT2D eigenvalue weighted by Gasteiger charge is -2.40. The average molecular weight is 247 g/mol. The van der Waals surface area contributed by atoms with E-state index in [9.17, 15) is 4.79 Å². The molecule has 96 valence electrons. The molecule has 5 nitrogen and oxygen atoms in total. The Morgan fingerprint density at radius 1 is 1.61 bits per heavy atom. The molecule has 2 aliphatic heterocycles. The molecule has 1 aromatic rings. The van der Waals surface area contributed by atoms with Crippen molar-refractivity contribution in [3.05, 3.63) is 30.1 Å². The summed E-state index contributed by atoms with van der Waals surface area (Å²) in [6.45, 7) is 1.66. The highest BCUT2D eigenvalue weighted by atomic mass is 16.6. The van der Waals surface area contributed by atoms with E-state index < -0.39 is 0 Å². The summed E-state index contributed by atoms with van der Waals surface area (Å²) in [6.07, 6.45) is 3.13. The largest absolute Gasteiger partial charge is 0.443 e. The number of pyridine rings is 1. The summed E-state index contributed by atoms with van der Waals surface area (Å²) < 4.78 is 5.47. The van der Waals surface area contributed by atoms with Gasteiger partial charge in [0.25, 0.3) is 0 Å². The Balaban J connectivity index is 1.92. The molecule has 0 spiro atoms. The number of likely N-dealkylation sites (N-methyl/N-ethyl adjacent to an activating group) is 1. The van der Waals surface area contributed by atoms with Crippen LogP contribution in [0.1, 0.15) is 12.1 Å². The molecule has 3 heterocycles. The quantitative estimate of drug-likeness (QED) is 0.840. The van der Waals surface area contributed by atoms with Crippen LogP contribution in [0.3, 0.4) is 0 Å². The summed E-state index contributed by atoms with van der Waals surface area (Å²) in [5, 5.41) is 3.37. The van der Waals surface area contributed by atoms with Gasteiger partial charge in [0.2, 0.25) is 0 Å². The van der Waals surface area contributed by atoms with Gasteiger partial charge in [-0.05, 0) is 25.1 Å². The van der Waals surface area contributed by atoms with Crippen molar-refractivity contribution in [1.82, 2.24) is 15.2 Å². The zero-order valence-corrected chi connectivity index (χ0v) is 10.4. The lowest BCUT2D eigenvalue weighted by molar-refractivity contribution is 0.0702. The number of ether oxygens (including phenoxy) is 1. The molecule has 5 heteroatoms. The van der Waals surface area contributed by atoms with Crippen molar-refractivity contribution < 1.29 is 9.53 Å². The minimum Gasteiger partial charge on any atom is -0.443 e. The van der Waals surface area contributed by atoms with Crippen LogP contribution in [0.15, 0.2) is 24.4 Å². The van der Waals surface area contributed by atoms with E-state index in [-0.39, 0.29) is 17.7 Å². The minimum atomic E-state index is -0.288. The number of fused-ring (bicyclic) bond motifs is 1. The predicted molar refractivity (Wildman–Crippen MR) is 66.2 cm³/mol. The van der Waals surface area contributed by atoms with E-state index in [1.165, 1.54) is 0 Å². The molecule has 1 aromatic heterocycles. The summed E-state index contributed by atoms with van der Waals surface area (Å²) in [5.41, 5.74) is 0.709. The van der Waals surface area contributed by atoms with E-state index in [0.29, 0.717) is 0 Å². The van der Waals surface area contributed by atoms with Gasteiger partial charge in [-0.15, -0.1) is 0 Å². The van der Waals surface area contributed by atoms with Crippen LogP contribution >= 0.6 is 0 Å². The second-order valence-electron chi connectivity index (χ2n) is 5.00. The van der Waals surface area contributed by atoms with Crippen molar-refractivity contribution in [2.45, 2.75) is 24.5 Å². The molecule has 3 rings (SSSR count). The number of rotatable bonds is 2. The number of hydrogen-bond acceptors (Lipinski definition) is 4. The van der Waals surface area contributed by atoms with E-state index in [1.807, 2.05) is 25.2 Å². The summed E-state index contributed by atoms with van der Waals surface area (Å²) >= 11 is 0. The van der Waals surface area contributed by atoms with Crippen LogP contribution in [0.5, 0.6) is 0 Å². The smallest absolute Gasteiger partial charge is 0.410 e. The number of hydrogen-bond donors (Lipinski definition) is 1. The zero-order chi connectivity index (χ0) is 12.6. The van der Waals surface area contributed by atoms with E-state index in [4.69, 9.17) is 4.74 Å². The average Bonchev–Trinajstić information content (AvgIpc) is 2.64. The van der Waals surface area contributed by atoms with Gasteiger partial charge in [-0.3, -0.25) is 4.98 Å². The maximum atomic E-state index is 11.8. The van der Waals surface area contributed by atoms with Gasteiger partial charge in [-0.2, -0.15) is 0 Å². The number of carbonyl (C=O) groups is 1. The first kappa shape index (κ1) is 11.5. The minimum absolute atomic E-state index is 0.0294. The summed E-state index contributed by atoms with van der Waals surface area (Å²) in [6, 6.07) is 5.87. The summed E-state index contributed by atoms with van der Waals surface area (Å²) in [5.74, 6) is 0. The Labute approximate surface area is 106 Å². The molecule has 1 N–H and O–H groups in total. The van der Waals surface area contributed by atoms with Crippen molar-refractivity contribution in [1.29, 1.82) is 0 Å². The molecular weight excluding hydrogens is 230 g/mol. The molecule has 2 fully saturated rings. The third-order valence-electron chi connectivity index (χ3n) is 4.01. The Hall–Kier alpha value is -1.62. The normalized spacial score (nSPS) is 31.1. The number of amides is 1. The SMILES string of the molecule is CN1C(=O)OC2CCNCC21Cc1ccccn1. The third kappa shape index (κ3) is 1.66. The van der Waals surface area contributed by atoms with Gasteiger partial charge in [0, 0.05) is 31.9 Å². The molecule has 18 heavy (non-hydrogen) atoms. The van der Waals surface area contributed by atoms with E-state index >= 15 is 0 Å². The fourth-order valence-corrected chi connectivity index (χ4v) is 2.92. The first-order valence-electron chi connectivity index (χ1n) is 6.27. The zero-order valence-electron chi connectivity index (χ0n) is 10.4. The number of carbonyl (C=O) groups excluding carboxylic acids is 1. The lowest BCUT2D eigenvalue weighted by atomic mass is 9.82. The second-order valence-corrected chi connectivity index (χ2v) is 5.00. The van der Waals surface area contributed by atoms with Gasteiger partial charge >= 0.3 is 6.09 Å². The highest BCUT2D eigenvalue weighted by Crippen LogP contribution is 2.35. The Morgan fingerprint density at radius 3 is 3.28 bits per heavy atom. The third-order valence-corrected chi connectivity index (χ3v) is 4.01. The van der Waals surface area contributed by atoms with Crippen LogP contribution in [0.4, 0.5) is 4.79 Å². The fourth-order valence-electron chi connectivity index (χ4n) is 2.92. The van der Waals surface area contributed by atoms with Crippen molar-refractivity contribution in [2.24, 2.45) is 0 Å². The van der Waals surface area contributed by atoms with Crippen LogP contribution in [0.2, 0.25) is 0 Å². The molecule has 2 aliphatic rings. The molecule has 2 unspecified atom stereocenters. The molecule has 2 saturated heterocycles.